The van der Waals surface area contributed by atoms with Gasteiger partial charge in [-0.15, -0.1) is 0 Å². The number of carbonyl (C=O) groups excluding carboxylic acids is 2. The monoisotopic (exact) mass is 536 g/mol. The Morgan fingerprint density at radius 1 is 0.950 bits per heavy atom. The maximum atomic E-state index is 13.7. The largest absolute Gasteiger partial charge is 0.466 e. The lowest BCUT2D eigenvalue weighted by molar-refractivity contribution is -0.153. The Morgan fingerprint density at radius 3 is 2.25 bits per heavy atom. The Labute approximate surface area is 234 Å². The van der Waals surface area contributed by atoms with Gasteiger partial charge in [0, 0.05) is 29.2 Å². The van der Waals surface area contributed by atoms with Crippen LogP contribution >= 0.6 is 0 Å². The Morgan fingerprint density at radius 2 is 1.57 bits per heavy atom. The number of rotatable bonds is 8. The van der Waals surface area contributed by atoms with Crippen LogP contribution in [0.5, 0.6) is 6.01 Å². The predicted octanol–water partition coefficient (Wildman–Crippen LogP) is 4.14. The average molecular weight is 537 g/mol. The lowest BCUT2D eigenvalue weighted by atomic mass is 9.77. The topological polar surface area (TPSA) is 93.6 Å². The molecule has 1 aromatic heterocycles. The van der Waals surface area contributed by atoms with Crippen molar-refractivity contribution >= 4 is 17.6 Å². The molecule has 3 aromatic carbocycles. The fourth-order valence-corrected chi connectivity index (χ4v) is 5.33. The normalized spacial score (nSPS) is 17.5. The van der Waals surface area contributed by atoms with Gasteiger partial charge < -0.3 is 14.4 Å². The Bertz CT molecular complexity index is 1480. The van der Waals surface area contributed by atoms with E-state index in [-0.39, 0.29) is 18.5 Å². The summed E-state index contributed by atoms with van der Waals surface area (Å²) in [5.41, 5.74) is 3.37. The number of ether oxygens (including phenoxy) is 2. The van der Waals surface area contributed by atoms with Crippen LogP contribution in [0.1, 0.15) is 28.1 Å². The van der Waals surface area contributed by atoms with Gasteiger partial charge in [0.25, 0.3) is 0 Å². The first-order valence-electron chi connectivity index (χ1n) is 13.2. The van der Waals surface area contributed by atoms with Crippen LogP contribution in [0.3, 0.4) is 0 Å². The second-order valence-corrected chi connectivity index (χ2v) is 9.78. The number of hydrogen-bond donors (Lipinski definition) is 1. The summed E-state index contributed by atoms with van der Waals surface area (Å²) in [4.78, 5) is 38.0. The fraction of sp³-hybridized carbons (Fsp3) is 0.250. The van der Waals surface area contributed by atoms with Crippen LogP contribution < -0.4 is 15.0 Å². The first kappa shape index (κ1) is 27.0. The third-order valence-electron chi connectivity index (χ3n) is 7.13. The van der Waals surface area contributed by atoms with E-state index in [2.05, 4.69) is 15.3 Å². The Kier molecular flexibility index (Phi) is 7.89. The highest BCUT2D eigenvalue weighted by atomic mass is 16.6. The quantitative estimate of drug-likeness (QED) is 0.339. The molecule has 0 fully saturated rings. The van der Waals surface area contributed by atoms with Gasteiger partial charge in [-0.25, -0.2) is 14.8 Å². The Balaban J connectivity index is 1.68. The molecule has 8 heteroatoms. The van der Waals surface area contributed by atoms with Crippen LogP contribution in [0.25, 0.3) is 0 Å². The number of aryl methyl sites for hydroxylation is 2. The first-order chi connectivity index (χ1) is 19.4. The minimum atomic E-state index is -1.30. The van der Waals surface area contributed by atoms with E-state index in [9.17, 15) is 9.59 Å². The molecule has 0 spiro atoms. The van der Waals surface area contributed by atoms with Crippen molar-refractivity contribution in [1.29, 1.82) is 0 Å². The molecule has 4 aromatic rings. The predicted molar refractivity (Wildman–Crippen MR) is 152 cm³/mol. The molecule has 1 amide bonds. The molecule has 0 bridgehead atoms. The third-order valence-corrected chi connectivity index (χ3v) is 7.13. The zero-order valence-electron chi connectivity index (χ0n) is 22.8. The highest BCUT2D eigenvalue weighted by molar-refractivity contribution is 5.97. The van der Waals surface area contributed by atoms with Crippen LogP contribution in [-0.2, 0) is 26.3 Å². The van der Waals surface area contributed by atoms with Gasteiger partial charge in [-0.2, -0.15) is 0 Å². The summed E-state index contributed by atoms with van der Waals surface area (Å²) in [5.74, 6) is -0.744. The summed E-state index contributed by atoms with van der Waals surface area (Å²) in [6.07, 6.45) is -0.587. The number of nitrogens with one attached hydrogen (secondary N) is 1. The van der Waals surface area contributed by atoms with Crippen molar-refractivity contribution in [1.82, 2.24) is 15.3 Å². The second kappa shape index (κ2) is 11.7. The zero-order chi connectivity index (χ0) is 28.1. The van der Waals surface area contributed by atoms with Crippen molar-refractivity contribution in [3.63, 3.8) is 0 Å². The molecule has 2 heterocycles. The van der Waals surface area contributed by atoms with Crippen LogP contribution in [0.4, 0.5) is 5.69 Å². The number of benzene rings is 3. The molecule has 204 valence electrons. The standard InChI is InChI=1S/C32H32N4O4/c1-22-20-23(2)35-31(34-22)40-29(30(38)39-3)32(25-14-8-5-9-15-25)26-16-10-11-17-27(26)36(28(37)21-33-32)19-18-24-12-6-4-7-13-24/h4-17,20,29,33H,18-19,21H2,1-3H3/t29-,32+/m1/s1. The number of aromatic nitrogens is 2. The number of carbonyl (C=O) groups is 2. The van der Waals surface area contributed by atoms with Crippen molar-refractivity contribution in [2.24, 2.45) is 0 Å². The number of amides is 1. The van der Waals surface area contributed by atoms with E-state index in [0.29, 0.717) is 35.6 Å². The van der Waals surface area contributed by atoms with E-state index < -0.39 is 17.6 Å². The number of anilines is 1. The van der Waals surface area contributed by atoms with Gasteiger partial charge in [0.1, 0.15) is 5.54 Å². The fourth-order valence-electron chi connectivity index (χ4n) is 5.33. The lowest BCUT2D eigenvalue weighted by Gasteiger charge is -2.40. The van der Waals surface area contributed by atoms with Gasteiger partial charge in [-0.1, -0.05) is 78.9 Å². The van der Waals surface area contributed by atoms with Crippen LogP contribution in [0.2, 0.25) is 0 Å². The molecular formula is C32H32N4O4. The highest BCUT2D eigenvalue weighted by Crippen LogP contribution is 2.42. The molecule has 0 radical (unpaired) electrons. The lowest BCUT2D eigenvalue weighted by Crippen LogP contribution is -2.59. The summed E-state index contributed by atoms with van der Waals surface area (Å²) in [7, 11) is 1.32. The number of nitrogens with zero attached hydrogens (tertiary/aromatic N) is 3. The molecule has 1 aliphatic rings. The van der Waals surface area contributed by atoms with E-state index in [1.165, 1.54) is 7.11 Å². The van der Waals surface area contributed by atoms with E-state index in [1.54, 1.807) is 4.90 Å². The summed E-state index contributed by atoms with van der Waals surface area (Å²) >= 11 is 0. The molecule has 2 atom stereocenters. The number of methoxy groups -OCH3 is 1. The van der Waals surface area contributed by atoms with E-state index in [1.807, 2.05) is 105 Å². The molecule has 0 unspecified atom stereocenters. The number of hydrogen-bond acceptors (Lipinski definition) is 7. The van der Waals surface area contributed by atoms with Crippen molar-refractivity contribution in [2.75, 3.05) is 25.1 Å². The third kappa shape index (κ3) is 5.31. The van der Waals surface area contributed by atoms with Crippen LogP contribution in [-0.4, -0.2) is 48.1 Å². The van der Waals surface area contributed by atoms with E-state index in [4.69, 9.17) is 9.47 Å². The van der Waals surface area contributed by atoms with Gasteiger partial charge in [-0.3, -0.25) is 10.1 Å². The smallest absolute Gasteiger partial charge is 0.349 e. The molecule has 40 heavy (non-hydrogen) atoms. The molecule has 5 rings (SSSR count). The molecule has 1 aliphatic heterocycles. The van der Waals surface area contributed by atoms with Gasteiger partial charge in [0.15, 0.2) is 0 Å². The summed E-state index contributed by atoms with van der Waals surface area (Å²) < 4.78 is 11.7. The first-order valence-corrected chi connectivity index (χ1v) is 13.2. The summed E-state index contributed by atoms with van der Waals surface area (Å²) in [5, 5.41) is 3.44. The van der Waals surface area contributed by atoms with Crippen LogP contribution in [0.15, 0.2) is 91.0 Å². The Hall–Kier alpha value is -4.56. The van der Waals surface area contributed by atoms with Crippen molar-refractivity contribution in [3.8, 4) is 6.01 Å². The van der Waals surface area contributed by atoms with Gasteiger partial charge in [-0.05, 0) is 43.5 Å². The highest BCUT2D eigenvalue weighted by Gasteiger charge is 2.52. The molecule has 0 saturated heterocycles. The van der Waals surface area contributed by atoms with Gasteiger partial charge in [0.2, 0.25) is 12.0 Å². The van der Waals surface area contributed by atoms with Crippen molar-refractivity contribution < 1.29 is 19.1 Å². The minimum Gasteiger partial charge on any atom is -0.466 e. The maximum absolute atomic E-state index is 13.7. The van der Waals surface area contributed by atoms with Crippen molar-refractivity contribution in [2.45, 2.75) is 31.9 Å². The molecular weight excluding hydrogens is 504 g/mol. The van der Waals surface area contributed by atoms with Gasteiger partial charge in [0.05, 0.1) is 13.7 Å². The second-order valence-electron chi connectivity index (χ2n) is 9.78. The number of para-hydroxylation sites is 1. The minimum absolute atomic E-state index is 0.0388. The SMILES string of the molecule is COC(=O)[C@@H](Oc1nc(C)cc(C)n1)[C@@]1(c2ccccc2)NCC(=O)N(CCc2ccccc2)c2ccccc21. The maximum Gasteiger partial charge on any atom is 0.349 e. The van der Waals surface area contributed by atoms with Crippen molar-refractivity contribution in [3.05, 3.63) is 119 Å². The number of esters is 1. The average Bonchev–Trinajstić information content (AvgIpc) is 3.09. The zero-order valence-corrected chi connectivity index (χ0v) is 22.8. The molecule has 0 saturated carbocycles. The van der Waals surface area contributed by atoms with E-state index >= 15 is 0 Å². The number of fused-ring (bicyclic) bond motifs is 1. The molecule has 1 N–H and O–H groups in total. The summed E-state index contributed by atoms with van der Waals surface area (Å²) in [6.45, 7) is 4.10. The van der Waals surface area contributed by atoms with Gasteiger partial charge >= 0.3 is 12.0 Å². The summed E-state index contributed by atoms with van der Waals surface area (Å²) in [6, 6.07) is 29.1. The van der Waals surface area contributed by atoms with E-state index in [0.717, 1.165) is 11.1 Å². The van der Waals surface area contributed by atoms with Crippen LogP contribution in [0, 0.1) is 13.8 Å². The molecule has 8 nitrogen and oxygen atoms in total. The molecule has 0 aliphatic carbocycles.